The summed E-state index contributed by atoms with van der Waals surface area (Å²) < 4.78 is 14.8. The Hall–Kier alpha value is -1.82. The van der Waals surface area contributed by atoms with Crippen LogP contribution in [0.1, 0.15) is 24.5 Å². The lowest BCUT2D eigenvalue weighted by Gasteiger charge is -1.99. The highest BCUT2D eigenvalue weighted by molar-refractivity contribution is 7.16. The molecule has 0 aliphatic heterocycles. The number of halogens is 1. The number of fused-ring (bicyclic) bond motifs is 1. The van der Waals surface area contributed by atoms with Crippen molar-refractivity contribution < 1.29 is 4.39 Å². The summed E-state index contributed by atoms with van der Waals surface area (Å²) in [6, 6.07) is 3.04. The van der Waals surface area contributed by atoms with Crippen LogP contribution in [0.2, 0.25) is 0 Å². The van der Waals surface area contributed by atoms with Crippen molar-refractivity contribution in [3.8, 4) is 11.4 Å². The first-order valence-corrected chi connectivity index (χ1v) is 7.33. The van der Waals surface area contributed by atoms with Crippen LogP contribution in [0.4, 0.5) is 4.39 Å². The molecule has 3 aromatic rings. The molecule has 0 aliphatic carbocycles. The molecule has 20 heavy (non-hydrogen) atoms. The van der Waals surface area contributed by atoms with Crippen molar-refractivity contribution in [2.75, 3.05) is 0 Å². The summed E-state index contributed by atoms with van der Waals surface area (Å²) in [6.07, 6.45) is 2.16. The number of rotatable bonds is 3. The van der Waals surface area contributed by atoms with E-state index in [1.165, 1.54) is 12.3 Å². The van der Waals surface area contributed by atoms with E-state index in [4.69, 9.17) is 0 Å². The fraction of sp³-hybridized carbons (Fsp3) is 0.357. The van der Waals surface area contributed by atoms with Gasteiger partial charge in [0.2, 0.25) is 4.96 Å². The van der Waals surface area contributed by atoms with Crippen LogP contribution in [0.15, 0.2) is 18.3 Å². The van der Waals surface area contributed by atoms with Gasteiger partial charge in [-0.1, -0.05) is 25.2 Å². The number of hydrogen-bond acceptors (Lipinski definition) is 4. The average molecular weight is 290 g/mol. The van der Waals surface area contributed by atoms with Gasteiger partial charge in [0.1, 0.15) is 16.5 Å². The Labute approximate surface area is 120 Å². The largest absolute Gasteiger partial charge is 0.251 e. The second kappa shape index (κ2) is 4.94. The molecular formula is C14H15FN4S. The van der Waals surface area contributed by atoms with E-state index in [1.807, 2.05) is 11.4 Å². The Morgan fingerprint density at radius 2 is 2.15 bits per heavy atom. The molecule has 0 amide bonds. The highest BCUT2D eigenvalue weighted by Gasteiger charge is 2.16. The molecule has 3 aromatic heterocycles. The first kappa shape index (κ1) is 13.2. The molecule has 3 rings (SSSR count). The van der Waals surface area contributed by atoms with Crippen LogP contribution in [0, 0.1) is 18.7 Å². The number of aromatic nitrogens is 4. The lowest BCUT2D eigenvalue weighted by molar-refractivity contribution is 0.622. The van der Waals surface area contributed by atoms with E-state index in [1.54, 1.807) is 17.4 Å². The lowest BCUT2D eigenvalue weighted by atomic mass is 10.1. The third kappa shape index (κ3) is 2.31. The Kier molecular flexibility index (Phi) is 3.25. The van der Waals surface area contributed by atoms with Gasteiger partial charge in [0.05, 0.1) is 17.6 Å². The number of aryl methyl sites for hydroxylation is 1. The summed E-state index contributed by atoms with van der Waals surface area (Å²) >= 11 is 1.60. The van der Waals surface area contributed by atoms with Crippen LogP contribution in [0.25, 0.3) is 16.3 Å². The van der Waals surface area contributed by atoms with Gasteiger partial charge < -0.3 is 0 Å². The zero-order chi connectivity index (χ0) is 14.3. The van der Waals surface area contributed by atoms with Gasteiger partial charge in [-0.05, 0) is 25.0 Å². The zero-order valence-corrected chi connectivity index (χ0v) is 12.4. The summed E-state index contributed by atoms with van der Waals surface area (Å²) in [5, 5.41) is 5.67. The number of nitrogens with zero attached hydrogens (tertiary/aromatic N) is 4. The second-order valence-corrected chi connectivity index (χ2v) is 6.24. The number of hydrogen-bond donors (Lipinski definition) is 0. The van der Waals surface area contributed by atoms with Crippen molar-refractivity contribution in [1.82, 2.24) is 19.6 Å². The van der Waals surface area contributed by atoms with E-state index in [0.717, 1.165) is 27.8 Å². The molecule has 0 aliphatic rings. The molecule has 0 saturated heterocycles. The predicted octanol–water partition coefficient (Wildman–Crippen LogP) is 3.50. The molecule has 0 N–H and O–H groups in total. The van der Waals surface area contributed by atoms with Gasteiger partial charge in [-0.25, -0.2) is 13.9 Å². The van der Waals surface area contributed by atoms with Crippen LogP contribution in [0.3, 0.4) is 0 Å². The maximum atomic E-state index is 12.9. The van der Waals surface area contributed by atoms with Crippen molar-refractivity contribution in [3.63, 3.8) is 0 Å². The van der Waals surface area contributed by atoms with Gasteiger partial charge in [-0.2, -0.15) is 5.10 Å². The molecule has 0 aromatic carbocycles. The molecule has 0 spiro atoms. The highest BCUT2D eigenvalue weighted by Crippen LogP contribution is 2.26. The minimum atomic E-state index is -0.343. The lowest BCUT2D eigenvalue weighted by Crippen LogP contribution is -1.96. The summed E-state index contributed by atoms with van der Waals surface area (Å²) in [6.45, 7) is 6.30. The van der Waals surface area contributed by atoms with Gasteiger partial charge in [0.25, 0.3) is 0 Å². The molecule has 0 unspecified atom stereocenters. The van der Waals surface area contributed by atoms with Crippen molar-refractivity contribution in [2.24, 2.45) is 5.92 Å². The van der Waals surface area contributed by atoms with E-state index in [0.29, 0.717) is 11.6 Å². The highest BCUT2D eigenvalue weighted by atomic mass is 32.1. The minimum absolute atomic E-state index is 0.343. The van der Waals surface area contributed by atoms with Crippen LogP contribution < -0.4 is 0 Å². The molecule has 4 nitrogen and oxygen atoms in total. The molecule has 104 valence electrons. The summed E-state index contributed by atoms with van der Waals surface area (Å²) in [7, 11) is 0. The van der Waals surface area contributed by atoms with Gasteiger partial charge in [-0.15, -0.1) is 0 Å². The van der Waals surface area contributed by atoms with Crippen molar-refractivity contribution in [3.05, 3.63) is 34.8 Å². The SMILES string of the molecule is Cc1c(-c2ccc(F)cn2)nc2sc(CC(C)C)nn12. The fourth-order valence-electron chi connectivity index (χ4n) is 2.08. The zero-order valence-electron chi connectivity index (χ0n) is 11.6. The molecule has 0 fully saturated rings. The first-order valence-electron chi connectivity index (χ1n) is 6.51. The Morgan fingerprint density at radius 1 is 1.35 bits per heavy atom. The van der Waals surface area contributed by atoms with E-state index in [-0.39, 0.29) is 5.82 Å². The van der Waals surface area contributed by atoms with Crippen molar-refractivity contribution >= 4 is 16.3 Å². The molecule has 3 heterocycles. The van der Waals surface area contributed by atoms with Gasteiger partial charge in [0.15, 0.2) is 0 Å². The quantitative estimate of drug-likeness (QED) is 0.741. The number of imidazole rings is 1. The molecule has 0 bridgehead atoms. The molecule has 6 heteroatoms. The average Bonchev–Trinajstić information content (AvgIpc) is 2.90. The summed E-state index contributed by atoms with van der Waals surface area (Å²) in [5.74, 6) is 0.231. The van der Waals surface area contributed by atoms with Gasteiger partial charge in [0, 0.05) is 6.42 Å². The topological polar surface area (TPSA) is 43.1 Å². The van der Waals surface area contributed by atoms with Crippen LogP contribution in [-0.2, 0) is 6.42 Å². The Balaban J connectivity index is 2.03. The Bertz CT molecular complexity index is 742. The second-order valence-electron chi connectivity index (χ2n) is 5.20. The fourth-order valence-corrected chi connectivity index (χ4v) is 3.23. The molecule has 0 radical (unpaired) electrons. The molecule has 0 atom stereocenters. The normalized spacial score (nSPS) is 11.7. The van der Waals surface area contributed by atoms with E-state index >= 15 is 0 Å². The first-order chi connectivity index (χ1) is 9.54. The van der Waals surface area contributed by atoms with Crippen LogP contribution in [0.5, 0.6) is 0 Å². The van der Waals surface area contributed by atoms with E-state index in [2.05, 4.69) is 28.9 Å². The summed E-state index contributed by atoms with van der Waals surface area (Å²) in [4.78, 5) is 9.52. The van der Waals surface area contributed by atoms with Gasteiger partial charge >= 0.3 is 0 Å². The maximum absolute atomic E-state index is 12.9. The predicted molar refractivity (Wildman–Crippen MR) is 77.3 cm³/mol. The van der Waals surface area contributed by atoms with Crippen LogP contribution >= 0.6 is 11.3 Å². The maximum Gasteiger partial charge on any atom is 0.213 e. The van der Waals surface area contributed by atoms with Crippen molar-refractivity contribution in [1.29, 1.82) is 0 Å². The van der Waals surface area contributed by atoms with E-state index in [9.17, 15) is 4.39 Å². The van der Waals surface area contributed by atoms with Gasteiger partial charge in [-0.3, -0.25) is 4.98 Å². The monoisotopic (exact) mass is 290 g/mol. The third-order valence-electron chi connectivity index (χ3n) is 3.02. The molecular weight excluding hydrogens is 275 g/mol. The van der Waals surface area contributed by atoms with Crippen molar-refractivity contribution in [2.45, 2.75) is 27.2 Å². The summed E-state index contributed by atoms with van der Waals surface area (Å²) in [5.41, 5.74) is 2.37. The third-order valence-corrected chi connectivity index (χ3v) is 3.95. The minimum Gasteiger partial charge on any atom is -0.251 e. The molecule has 0 saturated carbocycles. The smallest absolute Gasteiger partial charge is 0.213 e. The van der Waals surface area contributed by atoms with Crippen LogP contribution in [-0.4, -0.2) is 19.6 Å². The Morgan fingerprint density at radius 3 is 2.75 bits per heavy atom. The van der Waals surface area contributed by atoms with E-state index < -0.39 is 0 Å². The standard InChI is InChI=1S/C14H15FN4S/c1-8(2)6-12-18-19-9(3)13(17-14(19)20-12)11-5-4-10(15)7-16-11/h4-5,7-8H,6H2,1-3H3. The number of pyridine rings is 1.